The van der Waals surface area contributed by atoms with Crippen LogP contribution in [0.5, 0.6) is 0 Å². The summed E-state index contributed by atoms with van der Waals surface area (Å²) in [6.07, 6.45) is 0.546. The van der Waals surface area contributed by atoms with Crippen LogP contribution in [0.25, 0.3) is 0 Å². The fourth-order valence-electron chi connectivity index (χ4n) is 1.14. The lowest BCUT2D eigenvalue weighted by atomic mass is 10.2. The summed E-state index contributed by atoms with van der Waals surface area (Å²) in [5.41, 5.74) is 0. The van der Waals surface area contributed by atoms with Crippen LogP contribution in [-0.4, -0.2) is 24.1 Å². The Kier molecular flexibility index (Phi) is 4.03. The molecule has 82 valence electrons. The monoisotopic (exact) mass is 212 g/mol. The lowest BCUT2D eigenvalue weighted by Gasteiger charge is -2.14. The van der Waals surface area contributed by atoms with E-state index in [0.29, 0.717) is 12.2 Å². The number of hydrogen-bond donors (Lipinski definition) is 1. The molecule has 1 N–H and O–H groups in total. The predicted molar refractivity (Wildman–Crippen MR) is 53.9 cm³/mol. The number of halogens is 1. The molecular formula is C10H13FN2O2. The molecule has 1 atom stereocenters. The van der Waals surface area contributed by atoms with Crippen LogP contribution in [0.2, 0.25) is 0 Å². The van der Waals surface area contributed by atoms with Crippen molar-refractivity contribution >= 4 is 11.8 Å². The summed E-state index contributed by atoms with van der Waals surface area (Å²) >= 11 is 0. The van der Waals surface area contributed by atoms with Crippen LogP contribution >= 0.6 is 0 Å². The van der Waals surface area contributed by atoms with Crippen molar-refractivity contribution in [1.82, 2.24) is 4.98 Å². The van der Waals surface area contributed by atoms with Gasteiger partial charge in [0.2, 0.25) is 5.95 Å². The summed E-state index contributed by atoms with van der Waals surface area (Å²) in [4.78, 5) is 14.8. The molecule has 0 spiro atoms. The quantitative estimate of drug-likeness (QED) is 0.608. The second-order valence-corrected chi connectivity index (χ2v) is 2.97. The van der Waals surface area contributed by atoms with E-state index >= 15 is 0 Å². The zero-order valence-electron chi connectivity index (χ0n) is 8.66. The maximum Gasteiger partial charge on any atom is 0.328 e. The van der Waals surface area contributed by atoms with Crippen molar-refractivity contribution in [3.05, 3.63) is 24.1 Å². The highest BCUT2D eigenvalue weighted by Crippen LogP contribution is 2.08. The second kappa shape index (κ2) is 5.29. The zero-order chi connectivity index (χ0) is 11.3. The number of nitrogens with zero attached hydrogens (tertiary/aromatic N) is 1. The van der Waals surface area contributed by atoms with Gasteiger partial charge in [-0.3, -0.25) is 0 Å². The molecule has 15 heavy (non-hydrogen) atoms. The molecule has 4 nitrogen and oxygen atoms in total. The number of methoxy groups -OCH3 is 1. The molecule has 1 unspecified atom stereocenters. The van der Waals surface area contributed by atoms with E-state index in [0.717, 1.165) is 0 Å². The first-order chi connectivity index (χ1) is 7.17. The van der Waals surface area contributed by atoms with E-state index in [1.54, 1.807) is 6.07 Å². The first kappa shape index (κ1) is 11.4. The second-order valence-electron chi connectivity index (χ2n) is 2.97. The highest BCUT2D eigenvalue weighted by Gasteiger charge is 2.16. The van der Waals surface area contributed by atoms with Gasteiger partial charge in [-0.15, -0.1) is 0 Å². The average Bonchev–Trinajstić information content (AvgIpc) is 2.25. The van der Waals surface area contributed by atoms with E-state index in [2.05, 4.69) is 15.0 Å². The standard InChI is InChI=1S/C10H13FN2O2/c1-3-7(10(14)15-2)12-9-6-4-5-8(11)13-9/h4-7H,3H2,1-2H3,(H,12,13). The molecule has 0 aromatic carbocycles. The Balaban J connectivity index is 2.70. The van der Waals surface area contributed by atoms with Crippen molar-refractivity contribution in [1.29, 1.82) is 0 Å². The van der Waals surface area contributed by atoms with Crippen molar-refractivity contribution in [2.24, 2.45) is 0 Å². The molecule has 1 aromatic heterocycles. The lowest BCUT2D eigenvalue weighted by molar-refractivity contribution is -0.141. The Morgan fingerprint density at radius 1 is 1.67 bits per heavy atom. The topological polar surface area (TPSA) is 51.2 Å². The number of esters is 1. The Morgan fingerprint density at radius 2 is 2.40 bits per heavy atom. The average molecular weight is 212 g/mol. The molecule has 5 heteroatoms. The maximum atomic E-state index is 12.7. The molecule has 0 aliphatic heterocycles. The van der Waals surface area contributed by atoms with E-state index in [4.69, 9.17) is 0 Å². The molecule has 0 amide bonds. The van der Waals surface area contributed by atoms with Gasteiger partial charge in [-0.25, -0.2) is 9.78 Å². The molecule has 0 saturated heterocycles. The summed E-state index contributed by atoms with van der Waals surface area (Å²) in [5.74, 6) is -0.643. The third kappa shape index (κ3) is 3.19. The van der Waals surface area contributed by atoms with E-state index < -0.39 is 12.0 Å². The number of ether oxygens (including phenoxy) is 1. The summed E-state index contributed by atoms with van der Waals surface area (Å²) in [6, 6.07) is 3.86. The van der Waals surface area contributed by atoms with Crippen molar-refractivity contribution in [3.8, 4) is 0 Å². The molecule has 0 fully saturated rings. The molecule has 0 bridgehead atoms. The number of pyridine rings is 1. The van der Waals surface area contributed by atoms with E-state index in [1.807, 2.05) is 6.92 Å². The van der Waals surface area contributed by atoms with Crippen LogP contribution in [0, 0.1) is 5.95 Å². The number of carbonyl (C=O) groups is 1. The molecule has 0 radical (unpaired) electrons. The van der Waals surface area contributed by atoms with Gasteiger partial charge in [0, 0.05) is 0 Å². The van der Waals surface area contributed by atoms with Crippen LogP contribution in [0.3, 0.4) is 0 Å². The Hall–Kier alpha value is -1.65. The normalized spacial score (nSPS) is 11.9. The summed E-state index contributed by atoms with van der Waals surface area (Å²) < 4.78 is 17.3. The largest absolute Gasteiger partial charge is 0.467 e. The van der Waals surface area contributed by atoms with Gasteiger partial charge in [-0.2, -0.15) is 4.39 Å². The Morgan fingerprint density at radius 3 is 2.93 bits per heavy atom. The summed E-state index contributed by atoms with van der Waals surface area (Å²) in [5, 5.41) is 2.79. The summed E-state index contributed by atoms with van der Waals surface area (Å²) in [6.45, 7) is 1.83. The smallest absolute Gasteiger partial charge is 0.328 e. The number of hydrogen-bond acceptors (Lipinski definition) is 4. The van der Waals surface area contributed by atoms with Gasteiger partial charge in [0.05, 0.1) is 7.11 Å². The van der Waals surface area contributed by atoms with Gasteiger partial charge in [-0.05, 0) is 18.6 Å². The fraction of sp³-hybridized carbons (Fsp3) is 0.400. The lowest BCUT2D eigenvalue weighted by Crippen LogP contribution is -2.30. The minimum atomic E-state index is -0.584. The van der Waals surface area contributed by atoms with E-state index in [9.17, 15) is 9.18 Å². The highest BCUT2D eigenvalue weighted by molar-refractivity contribution is 5.78. The number of carbonyl (C=O) groups excluding carboxylic acids is 1. The summed E-state index contributed by atoms with van der Waals surface area (Å²) in [7, 11) is 1.31. The van der Waals surface area contributed by atoms with E-state index in [1.165, 1.54) is 19.2 Å². The maximum absolute atomic E-state index is 12.7. The third-order valence-corrected chi connectivity index (χ3v) is 1.93. The van der Waals surface area contributed by atoms with Gasteiger partial charge in [0.15, 0.2) is 0 Å². The van der Waals surface area contributed by atoms with E-state index in [-0.39, 0.29) is 5.97 Å². The molecule has 0 aliphatic rings. The number of nitrogens with one attached hydrogen (secondary N) is 1. The molecule has 0 saturated carbocycles. The van der Waals surface area contributed by atoms with Crippen LogP contribution in [0.1, 0.15) is 13.3 Å². The minimum Gasteiger partial charge on any atom is -0.467 e. The van der Waals surface area contributed by atoms with Gasteiger partial charge in [0.1, 0.15) is 11.9 Å². The highest BCUT2D eigenvalue weighted by atomic mass is 19.1. The van der Waals surface area contributed by atoms with Crippen LogP contribution in [0.15, 0.2) is 18.2 Å². The third-order valence-electron chi connectivity index (χ3n) is 1.93. The van der Waals surface area contributed by atoms with Gasteiger partial charge in [-0.1, -0.05) is 13.0 Å². The number of aromatic nitrogens is 1. The first-order valence-electron chi connectivity index (χ1n) is 4.64. The van der Waals surface area contributed by atoms with Gasteiger partial charge in [0.25, 0.3) is 0 Å². The fourth-order valence-corrected chi connectivity index (χ4v) is 1.14. The van der Waals surface area contributed by atoms with Gasteiger partial charge < -0.3 is 10.1 Å². The van der Waals surface area contributed by atoms with Crippen LogP contribution in [0.4, 0.5) is 10.2 Å². The number of rotatable bonds is 4. The SMILES string of the molecule is CCC(Nc1cccc(F)n1)C(=O)OC. The van der Waals surface area contributed by atoms with Crippen LogP contribution in [-0.2, 0) is 9.53 Å². The van der Waals surface area contributed by atoms with Crippen molar-refractivity contribution < 1.29 is 13.9 Å². The molecular weight excluding hydrogens is 199 g/mol. The van der Waals surface area contributed by atoms with Crippen LogP contribution < -0.4 is 5.32 Å². The molecule has 1 heterocycles. The first-order valence-corrected chi connectivity index (χ1v) is 4.64. The Labute approximate surface area is 87.5 Å². The zero-order valence-corrected chi connectivity index (χ0v) is 8.66. The molecule has 1 rings (SSSR count). The minimum absolute atomic E-state index is 0.326. The molecule has 0 aliphatic carbocycles. The molecule has 1 aromatic rings. The number of anilines is 1. The van der Waals surface area contributed by atoms with Crippen molar-refractivity contribution in [3.63, 3.8) is 0 Å². The van der Waals surface area contributed by atoms with Crippen molar-refractivity contribution in [2.45, 2.75) is 19.4 Å². The predicted octanol–water partition coefficient (Wildman–Crippen LogP) is 1.58. The van der Waals surface area contributed by atoms with Gasteiger partial charge >= 0.3 is 5.97 Å². The van der Waals surface area contributed by atoms with Crippen molar-refractivity contribution in [2.75, 3.05) is 12.4 Å². The Bertz CT molecular complexity index is 344.